The number of sulfone groups is 1. The molecule has 0 aliphatic heterocycles. The van der Waals surface area contributed by atoms with Crippen LogP contribution in [0.15, 0.2) is 29.6 Å². The number of methoxy groups -OCH3 is 2. The van der Waals surface area contributed by atoms with E-state index in [9.17, 15) is 13.2 Å². The summed E-state index contributed by atoms with van der Waals surface area (Å²) in [5.74, 6) is -0.00859. The second-order valence-electron chi connectivity index (χ2n) is 4.77. The van der Waals surface area contributed by atoms with Gasteiger partial charge in [-0.1, -0.05) is 18.5 Å². The fourth-order valence-corrected chi connectivity index (χ4v) is 2.76. The molecule has 1 aromatic heterocycles. The first kappa shape index (κ1) is 18.9. The minimum absolute atomic E-state index is 0.0746. The van der Waals surface area contributed by atoms with Gasteiger partial charge in [0.15, 0.2) is 5.69 Å². The molecule has 0 saturated carbocycles. The van der Waals surface area contributed by atoms with Crippen LogP contribution >= 0.6 is 11.6 Å². The normalized spacial score (nSPS) is 11.0. The largest absolute Gasteiger partial charge is 0.497 e. The maximum Gasteiger partial charge on any atom is 0.276 e. The second-order valence-corrected chi connectivity index (χ2v) is 7.35. The van der Waals surface area contributed by atoms with Gasteiger partial charge in [-0.3, -0.25) is 4.79 Å². The summed E-state index contributed by atoms with van der Waals surface area (Å²) in [5, 5.41) is 2.05. The first-order valence-electron chi connectivity index (χ1n) is 7.11. The van der Waals surface area contributed by atoms with Crippen molar-refractivity contribution in [1.29, 1.82) is 0 Å². The van der Waals surface area contributed by atoms with E-state index in [1.165, 1.54) is 21.1 Å². The molecule has 0 fully saturated rings. The molecule has 1 heterocycles. The zero-order valence-electron chi connectivity index (χ0n) is 13.7. The Morgan fingerprint density at radius 2 is 2.00 bits per heavy atom. The lowest BCUT2D eigenvalue weighted by Gasteiger charge is -2.12. The molecule has 10 heteroatoms. The summed E-state index contributed by atoms with van der Waals surface area (Å²) in [6, 6.07) is 4.83. The molecule has 1 amide bonds. The van der Waals surface area contributed by atoms with Crippen molar-refractivity contribution in [1.82, 2.24) is 9.97 Å². The Morgan fingerprint density at radius 1 is 1.28 bits per heavy atom. The van der Waals surface area contributed by atoms with E-state index >= 15 is 0 Å². The van der Waals surface area contributed by atoms with E-state index in [0.29, 0.717) is 17.2 Å². The number of carbonyl (C=O) groups excluding carboxylic acids is 1. The summed E-state index contributed by atoms with van der Waals surface area (Å²) >= 11 is 5.95. The quantitative estimate of drug-likeness (QED) is 0.759. The van der Waals surface area contributed by atoms with Gasteiger partial charge in [0, 0.05) is 6.07 Å². The van der Waals surface area contributed by atoms with Gasteiger partial charge in [0.1, 0.15) is 11.5 Å². The lowest BCUT2D eigenvalue weighted by Crippen LogP contribution is -2.18. The number of rotatable bonds is 6. The fourth-order valence-electron chi connectivity index (χ4n) is 1.88. The number of benzene rings is 1. The molecule has 0 unspecified atom stereocenters. The van der Waals surface area contributed by atoms with Crippen molar-refractivity contribution < 1.29 is 22.7 Å². The smallest absolute Gasteiger partial charge is 0.276 e. The molecule has 8 nitrogen and oxygen atoms in total. The molecule has 0 radical (unpaired) electrons. The lowest BCUT2D eigenvalue weighted by molar-refractivity contribution is 0.102. The van der Waals surface area contributed by atoms with Crippen LogP contribution in [0.2, 0.25) is 5.02 Å². The van der Waals surface area contributed by atoms with E-state index in [-0.39, 0.29) is 16.5 Å². The molecule has 0 spiro atoms. The van der Waals surface area contributed by atoms with Gasteiger partial charge in [0.05, 0.1) is 36.9 Å². The highest BCUT2D eigenvalue weighted by molar-refractivity contribution is 7.91. The van der Waals surface area contributed by atoms with E-state index in [1.807, 2.05) is 0 Å². The highest BCUT2D eigenvalue weighted by Crippen LogP contribution is 2.29. The highest BCUT2D eigenvalue weighted by Gasteiger charge is 2.21. The molecule has 1 N–H and O–H groups in total. The molecule has 1 aromatic carbocycles. The predicted molar refractivity (Wildman–Crippen MR) is 92.3 cm³/mol. The third-order valence-electron chi connectivity index (χ3n) is 3.25. The number of carbonyl (C=O) groups is 1. The van der Waals surface area contributed by atoms with Crippen LogP contribution in [0.4, 0.5) is 5.69 Å². The lowest BCUT2D eigenvalue weighted by atomic mass is 10.2. The van der Waals surface area contributed by atoms with Crippen molar-refractivity contribution in [2.24, 2.45) is 0 Å². The fraction of sp³-hybridized carbons (Fsp3) is 0.267. The molecule has 0 bridgehead atoms. The third-order valence-corrected chi connectivity index (χ3v) is 5.04. The van der Waals surface area contributed by atoms with Crippen molar-refractivity contribution in [3.63, 3.8) is 0 Å². The SMILES string of the molecule is CCS(=O)(=O)c1ncc(Cl)c(C(=O)Nc2cc(OC)ccc2OC)n1. The highest BCUT2D eigenvalue weighted by atomic mass is 35.5. The van der Waals surface area contributed by atoms with Crippen LogP contribution in [0.25, 0.3) is 0 Å². The number of halogens is 1. The number of ether oxygens (including phenoxy) is 2. The van der Waals surface area contributed by atoms with Crippen LogP contribution in [-0.4, -0.2) is 44.3 Å². The minimum Gasteiger partial charge on any atom is -0.497 e. The number of hydrogen-bond acceptors (Lipinski definition) is 7. The van der Waals surface area contributed by atoms with Crippen LogP contribution in [0.5, 0.6) is 11.5 Å². The zero-order chi connectivity index (χ0) is 18.6. The predicted octanol–water partition coefficient (Wildman–Crippen LogP) is 2.19. The number of aromatic nitrogens is 2. The number of anilines is 1. The van der Waals surface area contributed by atoms with Gasteiger partial charge in [0.25, 0.3) is 5.91 Å². The van der Waals surface area contributed by atoms with Crippen LogP contribution in [0, 0.1) is 0 Å². The molecule has 2 rings (SSSR count). The number of hydrogen-bond donors (Lipinski definition) is 1. The molecule has 25 heavy (non-hydrogen) atoms. The molecule has 0 aliphatic carbocycles. The van der Waals surface area contributed by atoms with Crippen LogP contribution in [-0.2, 0) is 9.84 Å². The topological polar surface area (TPSA) is 107 Å². The first-order chi connectivity index (χ1) is 11.8. The molecule has 0 saturated heterocycles. The molecule has 0 aliphatic rings. The van der Waals surface area contributed by atoms with Crippen molar-refractivity contribution in [2.45, 2.75) is 12.1 Å². The Hall–Kier alpha value is -2.39. The summed E-state index contributed by atoms with van der Waals surface area (Å²) in [6.45, 7) is 1.45. The molecular formula is C15H16ClN3O5S. The van der Waals surface area contributed by atoms with Gasteiger partial charge < -0.3 is 14.8 Å². The Morgan fingerprint density at radius 3 is 2.60 bits per heavy atom. The summed E-state index contributed by atoms with van der Waals surface area (Å²) in [6.07, 6.45) is 1.08. The van der Waals surface area contributed by atoms with E-state index in [0.717, 1.165) is 6.20 Å². The number of nitrogens with one attached hydrogen (secondary N) is 1. The molecule has 0 atom stereocenters. The Bertz CT molecular complexity index is 902. The van der Waals surface area contributed by atoms with Gasteiger partial charge in [-0.15, -0.1) is 0 Å². The van der Waals surface area contributed by atoms with Crippen molar-refractivity contribution in [3.8, 4) is 11.5 Å². The third kappa shape index (κ3) is 4.18. The molecule has 134 valence electrons. The Kier molecular flexibility index (Phi) is 5.81. The second kappa shape index (κ2) is 7.66. The summed E-state index contributed by atoms with van der Waals surface area (Å²) < 4.78 is 34.1. The van der Waals surface area contributed by atoms with E-state index in [2.05, 4.69) is 15.3 Å². The van der Waals surface area contributed by atoms with Crippen LogP contribution in [0.3, 0.4) is 0 Å². The van der Waals surface area contributed by atoms with Crippen molar-refractivity contribution >= 4 is 33.0 Å². The summed E-state index contributed by atoms with van der Waals surface area (Å²) in [4.78, 5) is 20.0. The maximum absolute atomic E-state index is 12.5. The average molecular weight is 386 g/mol. The van der Waals surface area contributed by atoms with Crippen molar-refractivity contribution in [3.05, 3.63) is 35.1 Å². The standard InChI is InChI=1S/C15H16ClN3O5S/c1-4-25(21,22)15-17-8-10(16)13(19-15)14(20)18-11-7-9(23-2)5-6-12(11)24-3/h5-8H,4H2,1-3H3,(H,18,20). The van der Waals surface area contributed by atoms with E-state index in [4.69, 9.17) is 21.1 Å². The van der Waals surface area contributed by atoms with Gasteiger partial charge in [-0.2, -0.15) is 0 Å². The Labute approximate surface area is 150 Å². The summed E-state index contributed by atoms with van der Waals surface area (Å²) in [5.41, 5.74) is 0.0648. The summed E-state index contributed by atoms with van der Waals surface area (Å²) in [7, 11) is -0.745. The van der Waals surface area contributed by atoms with Crippen LogP contribution in [0.1, 0.15) is 17.4 Å². The van der Waals surface area contributed by atoms with Gasteiger partial charge >= 0.3 is 0 Å². The van der Waals surface area contributed by atoms with Crippen molar-refractivity contribution in [2.75, 3.05) is 25.3 Å². The Balaban J connectivity index is 2.41. The molecular weight excluding hydrogens is 370 g/mol. The average Bonchev–Trinajstić information content (AvgIpc) is 2.61. The van der Waals surface area contributed by atoms with Crippen LogP contribution < -0.4 is 14.8 Å². The zero-order valence-corrected chi connectivity index (χ0v) is 15.3. The monoisotopic (exact) mass is 385 g/mol. The van der Waals surface area contributed by atoms with Gasteiger partial charge in [-0.25, -0.2) is 18.4 Å². The minimum atomic E-state index is -3.67. The number of amides is 1. The van der Waals surface area contributed by atoms with Gasteiger partial charge in [-0.05, 0) is 12.1 Å². The molecule has 2 aromatic rings. The maximum atomic E-state index is 12.5. The first-order valence-corrected chi connectivity index (χ1v) is 9.14. The van der Waals surface area contributed by atoms with E-state index in [1.54, 1.807) is 18.2 Å². The number of nitrogens with zero attached hydrogens (tertiary/aromatic N) is 2. The van der Waals surface area contributed by atoms with E-state index < -0.39 is 20.9 Å². The van der Waals surface area contributed by atoms with Gasteiger partial charge in [0.2, 0.25) is 15.0 Å².